The molecule has 3 unspecified atom stereocenters. The highest BCUT2D eigenvalue weighted by Gasteiger charge is 2.59. The Bertz CT molecular complexity index is 636. The standard InChI is InChI=1S/C17H20N2O2/c1-17(2)15(13-6-7-20-16(13)17)19-12-5-3-4-11(8-12)14-9-18-10-21-14/h3-5,8-10,13,15-16,19H,6-7H2,1-2H3. The smallest absolute Gasteiger partial charge is 0.181 e. The van der Waals surface area contributed by atoms with Crippen LogP contribution in [0.25, 0.3) is 11.3 Å². The Labute approximate surface area is 124 Å². The van der Waals surface area contributed by atoms with Gasteiger partial charge < -0.3 is 14.5 Å². The molecule has 1 aliphatic carbocycles. The van der Waals surface area contributed by atoms with Crippen LogP contribution in [-0.2, 0) is 4.74 Å². The lowest BCUT2D eigenvalue weighted by molar-refractivity contribution is -0.0923. The molecule has 21 heavy (non-hydrogen) atoms. The maximum absolute atomic E-state index is 5.85. The number of oxazole rings is 1. The minimum Gasteiger partial charge on any atom is -0.444 e. The summed E-state index contributed by atoms with van der Waals surface area (Å²) in [6.07, 6.45) is 4.78. The molecule has 1 N–H and O–H groups in total. The summed E-state index contributed by atoms with van der Waals surface area (Å²) in [4.78, 5) is 3.98. The molecule has 2 aromatic rings. The molecule has 3 atom stereocenters. The highest BCUT2D eigenvalue weighted by Crippen LogP contribution is 2.53. The number of ether oxygens (including phenoxy) is 1. The lowest BCUT2D eigenvalue weighted by atomic mass is 9.57. The van der Waals surface area contributed by atoms with Crippen LogP contribution in [-0.4, -0.2) is 23.7 Å². The second kappa shape index (κ2) is 4.60. The fourth-order valence-corrected chi connectivity index (χ4v) is 3.92. The summed E-state index contributed by atoms with van der Waals surface area (Å²) in [6.45, 7) is 5.48. The normalized spacial score (nSPS) is 29.7. The number of nitrogens with one attached hydrogen (secondary N) is 1. The van der Waals surface area contributed by atoms with E-state index in [4.69, 9.17) is 9.15 Å². The fourth-order valence-electron chi connectivity index (χ4n) is 3.92. The molecule has 0 radical (unpaired) electrons. The van der Waals surface area contributed by atoms with Gasteiger partial charge in [0.15, 0.2) is 12.2 Å². The zero-order valence-electron chi connectivity index (χ0n) is 12.4. The summed E-state index contributed by atoms with van der Waals surface area (Å²) in [5.41, 5.74) is 2.37. The van der Waals surface area contributed by atoms with Gasteiger partial charge in [0, 0.05) is 35.2 Å². The van der Waals surface area contributed by atoms with Gasteiger partial charge in [-0.2, -0.15) is 0 Å². The SMILES string of the molecule is CC1(C)C(Nc2cccc(-c3cnco3)c2)C2CCOC21. The second-order valence-corrected chi connectivity index (χ2v) is 6.63. The van der Waals surface area contributed by atoms with Crippen molar-refractivity contribution in [1.29, 1.82) is 0 Å². The molecule has 1 aromatic carbocycles. The average Bonchev–Trinajstić information content (AvgIpc) is 3.15. The third kappa shape index (κ3) is 1.97. The fraction of sp³-hybridized carbons (Fsp3) is 0.471. The van der Waals surface area contributed by atoms with Crippen molar-refractivity contribution < 1.29 is 9.15 Å². The summed E-state index contributed by atoms with van der Waals surface area (Å²) in [5.74, 6) is 1.43. The molecule has 0 bridgehead atoms. The number of anilines is 1. The van der Waals surface area contributed by atoms with Crippen LogP contribution in [0.2, 0.25) is 0 Å². The van der Waals surface area contributed by atoms with Gasteiger partial charge in [0.25, 0.3) is 0 Å². The van der Waals surface area contributed by atoms with Crippen LogP contribution < -0.4 is 5.32 Å². The van der Waals surface area contributed by atoms with E-state index in [1.165, 1.54) is 6.39 Å². The molecule has 4 heteroatoms. The molecule has 2 aliphatic rings. The first-order valence-corrected chi connectivity index (χ1v) is 7.53. The van der Waals surface area contributed by atoms with Gasteiger partial charge in [0.1, 0.15) is 0 Å². The monoisotopic (exact) mass is 284 g/mol. The van der Waals surface area contributed by atoms with E-state index < -0.39 is 0 Å². The van der Waals surface area contributed by atoms with Gasteiger partial charge in [-0.25, -0.2) is 4.98 Å². The molecule has 1 aliphatic heterocycles. The number of nitrogens with zero attached hydrogens (tertiary/aromatic N) is 1. The number of aromatic nitrogens is 1. The third-order valence-electron chi connectivity index (χ3n) is 5.00. The maximum atomic E-state index is 5.85. The van der Waals surface area contributed by atoms with Gasteiger partial charge in [-0.15, -0.1) is 0 Å². The Hall–Kier alpha value is -1.81. The van der Waals surface area contributed by atoms with E-state index in [1.807, 2.05) is 6.07 Å². The van der Waals surface area contributed by atoms with Crippen LogP contribution >= 0.6 is 0 Å². The largest absolute Gasteiger partial charge is 0.444 e. The van der Waals surface area contributed by atoms with Crippen LogP contribution in [0.15, 0.2) is 41.3 Å². The minimum absolute atomic E-state index is 0.184. The van der Waals surface area contributed by atoms with E-state index in [-0.39, 0.29) is 5.41 Å². The Morgan fingerprint density at radius 3 is 3.05 bits per heavy atom. The summed E-state index contributed by atoms with van der Waals surface area (Å²) in [5, 5.41) is 3.70. The van der Waals surface area contributed by atoms with Gasteiger partial charge in [-0.05, 0) is 18.6 Å². The first-order valence-electron chi connectivity index (χ1n) is 7.53. The van der Waals surface area contributed by atoms with Gasteiger partial charge in [0.2, 0.25) is 0 Å². The van der Waals surface area contributed by atoms with Crippen molar-refractivity contribution in [2.75, 3.05) is 11.9 Å². The third-order valence-corrected chi connectivity index (χ3v) is 5.00. The summed E-state index contributed by atoms with van der Waals surface area (Å²) in [6, 6.07) is 8.79. The van der Waals surface area contributed by atoms with E-state index in [0.717, 1.165) is 30.0 Å². The predicted octanol–water partition coefficient (Wildman–Crippen LogP) is 3.57. The molecule has 4 nitrogen and oxygen atoms in total. The van der Waals surface area contributed by atoms with Crippen LogP contribution in [0, 0.1) is 11.3 Å². The number of fused-ring (bicyclic) bond motifs is 1. The molecule has 4 rings (SSSR count). The van der Waals surface area contributed by atoms with E-state index in [9.17, 15) is 0 Å². The lowest BCUT2D eigenvalue weighted by Gasteiger charge is -2.55. The van der Waals surface area contributed by atoms with Crippen LogP contribution in [0.1, 0.15) is 20.3 Å². The molecule has 1 saturated carbocycles. The number of hydrogen-bond donors (Lipinski definition) is 1. The summed E-state index contributed by atoms with van der Waals surface area (Å²) in [7, 11) is 0. The first kappa shape index (κ1) is 12.9. The zero-order chi connectivity index (χ0) is 14.4. The van der Waals surface area contributed by atoms with E-state index in [2.05, 4.69) is 42.3 Å². The molecular formula is C17H20N2O2. The van der Waals surface area contributed by atoms with Crippen molar-refractivity contribution in [3.8, 4) is 11.3 Å². The van der Waals surface area contributed by atoms with Crippen LogP contribution in [0.4, 0.5) is 5.69 Å². The van der Waals surface area contributed by atoms with Gasteiger partial charge >= 0.3 is 0 Å². The number of benzene rings is 1. The van der Waals surface area contributed by atoms with Gasteiger partial charge in [-0.3, -0.25) is 0 Å². The molecule has 110 valence electrons. The first-order chi connectivity index (χ1) is 10.2. The predicted molar refractivity (Wildman–Crippen MR) is 81.0 cm³/mol. The van der Waals surface area contributed by atoms with Gasteiger partial charge in [-0.1, -0.05) is 26.0 Å². The molecule has 1 aromatic heterocycles. The Morgan fingerprint density at radius 1 is 1.33 bits per heavy atom. The maximum Gasteiger partial charge on any atom is 0.181 e. The molecule has 0 spiro atoms. The molecular weight excluding hydrogens is 264 g/mol. The van der Waals surface area contributed by atoms with E-state index >= 15 is 0 Å². The molecule has 0 amide bonds. The highest BCUT2D eigenvalue weighted by atomic mass is 16.5. The van der Waals surface area contributed by atoms with Crippen molar-refractivity contribution in [3.05, 3.63) is 36.9 Å². The van der Waals surface area contributed by atoms with Crippen molar-refractivity contribution in [3.63, 3.8) is 0 Å². The van der Waals surface area contributed by atoms with Gasteiger partial charge in [0.05, 0.1) is 12.3 Å². The number of rotatable bonds is 3. The van der Waals surface area contributed by atoms with Crippen LogP contribution in [0.3, 0.4) is 0 Å². The van der Waals surface area contributed by atoms with Crippen molar-refractivity contribution in [1.82, 2.24) is 4.98 Å². The minimum atomic E-state index is 0.184. The summed E-state index contributed by atoms with van der Waals surface area (Å²) < 4.78 is 11.2. The quantitative estimate of drug-likeness (QED) is 0.936. The topological polar surface area (TPSA) is 47.3 Å². The molecule has 1 saturated heterocycles. The van der Waals surface area contributed by atoms with E-state index in [0.29, 0.717) is 18.1 Å². The Kier molecular flexibility index (Phi) is 2.82. The Morgan fingerprint density at radius 2 is 2.24 bits per heavy atom. The lowest BCUT2D eigenvalue weighted by Crippen LogP contribution is -2.63. The second-order valence-electron chi connectivity index (χ2n) is 6.63. The Balaban J connectivity index is 1.56. The van der Waals surface area contributed by atoms with E-state index in [1.54, 1.807) is 6.20 Å². The van der Waals surface area contributed by atoms with Crippen molar-refractivity contribution >= 4 is 5.69 Å². The molecule has 2 fully saturated rings. The average molecular weight is 284 g/mol. The number of hydrogen-bond acceptors (Lipinski definition) is 4. The van der Waals surface area contributed by atoms with Crippen molar-refractivity contribution in [2.45, 2.75) is 32.4 Å². The zero-order valence-corrected chi connectivity index (χ0v) is 12.4. The summed E-state index contributed by atoms with van der Waals surface area (Å²) >= 11 is 0. The van der Waals surface area contributed by atoms with Crippen LogP contribution in [0.5, 0.6) is 0 Å². The highest BCUT2D eigenvalue weighted by molar-refractivity contribution is 5.63. The van der Waals surface area contributed by atoms with Crippen molar-refractivity contribution in [2.24, 2.45) is 11.3 Å². The molecule has 2 heterocycles.